The Morgan fingerprint density at radius 2 is 1.77 bits per heavy atom. The number of halogens is 2. The van der Waals surface area contributed by atoms with E-state index in [9.17, 15) is 28.0 Å². The van der Waals surface area contributed by atoms with Gasteiger partial charge in [0.25, 0.3) is 12.3 Å². The van der Waals surface area contributed by atoms with Crippen molar-refractivity contribution in [2.45, 2.75) is 57.0 Å². The fourth-order valence-electron chi connectivity index (χ4n) is 9.13. The molecule has 3 saturated heterocycles. The minimum atomic E-state index is -2.86. The molecule has 4 fully saturated rings. The van der Waals surface area contributed by atoms with Crippen LogP contribution in [0.2, 0.25) is 0 Å². The first-order chi connectivity index (χ1) is 29.6. The molecule has 1 saturated carbocycles. The predicted octanol–water partition coefficient (Wildman–Crippen LogP) is 2.98. The van der Waals surface area contributed by atoms with Crippen molar-refractivity contribution in [1.82, 2.24) is 48.6 Å². The van der Waals surface area contributed by atoms with Gasteiger partial charge in [-0.15, -0.1) is 0 Å². The van der Waals surface area contributed by atoms with Crippen LogP contribution in [0.25, 0.3) is 16.7 Å². The highest BCUT2D eigenvalue weighted by atomic mass is 19.3. The number of aryl methyl sites for hydroxylation is 1. The number of alkyl halides is 2. The van der Waals surface area contributed by atoms with Crippen LogP contribution in [-0.2, 0) is 21.4 Å². The van der Waals surface area contributed by atoms with Crippen LogP contribution in [0.4, 0.5) is 20.3 Å². The number of hydrogen-bond donors (Lipinski definition) is 2. The minimum absolute atomic E-state index is 0.0140. The summed E-state index contributed by atoms with van der Waals surface area (Å²) in [5, 5.41) is 13.6. The third kappa shape index (κ3) is 8.27. The van der Waals surface area contributed by atoms with Gasteiger partial charge in [-0.3, -0.25) is 38.4 Å². The molecule has 3 aliphatic heterocycles. The maximum atomic E-state index is 14.3. The number of aromatic nitrogens is 7. The van der Waals surface area contributed by atoms with E-state index in [1.807, 2.05) is 18.2 Å². The lowest BCUT2D eigenvalue weighted by atomic mass is 9.85. The summed E-state index contributed by atoms with van der Waals surface area (Å²) in [4.78, 5) is 62.6. The number of anilines is 2. The van der Waals surface area contributed by atoms with E-state index >= 15 is 0 Å². The molecule has 3 amide bonds. The van der Waals surface area contributed by atoms with Gasteiger partial charge in [-0.25, -0.2) is 23.1 Å². The van der Waals surface area contributed by atoms with E-state index in [1.165, 1.54) is 26.0 Å². The van der Waals surface area contributed by atoms with Crippen molar-refractivity contribution >= 4 is 45.9 Å². The molecule has 4 aromatic heterocycles. The van der Waals surface area contributed by atoms with Crippen molar-refractivity contribution in [3.8, 4) is 11.8 Å². The third-order valence-corrected chi connectivity index (χ3v) is 12.5. The van der Waals surface area contributed by atoms with Gasteiger partial charge in [0.05, 0.1) is 54.3 Å². The number of ether oxygens (including phenoxy) is 1. The van der Waals surface area contributed by atoms with Crippen LogP contribution in [-0.4, -0.2) is 127 Å². The number of imidazole rings is 1. The number of amides is 3. The van der Waals surface area contributed by atoms with Gasteiger partial charge in [0.2, 0.25) is 11.8 Å². The molecule has 1 aromatic carbocycles. The summed E-state index contributed by atoms with van der Waals surface area (Å²) in [5.41, 5.74) is 1.71. The van der Waals surface area contributed by atoms with Crippen molar-refractivity contribution < 1.29 is 27.9 Å². The second kappa shape index (κ2) is 17.2. The number of carbonyl (C=O) groups excluding carboxylic acids is 3. The molecule has 320 valence electrons. The molecule has 5 aromatic rings. The first kappa shape index (κ1) is 40.4. The van der Waals surface area contributed by atoms with E-state index in [1.54, 1.807) is 24.0 Å². The highest BCUT2D eigenvalue weighted by Crippen LogP contribution is 2.35. The van der Waals surface area contributed by atoms with E-state index < -0.39 is 30.0 Å². The zero-order valence-corrected chi connectivity index (χ0v) is 33.9. The highest BCUT2D eigenvalue weighted by Gasteiger charge is 2.32. The SMILES string of the molecule is Cn1c(=O)n(C2CCC(=O)NC2=O)c2cccc(C#CCN3CCN(C[C@H]4CC[C@H](n5cc(NC(=O)c6cnn7ccc(N8CCOCC8)nc67)c(C(F)F)n5)CC4)CC3)c21. The molecular weight excluding hydrogens is 791 g/mol. The molecule has 7 heterocycles. The molecule has 0 radical (unpaired) electrons. The molecule has 0 bridgehead atoms. The average Bonchev–Trinajstić information content (AvgIpc) is 3.96. The molecule has 19 heteroatoms. The van der Waals surface area contributed by atoms with Crippen LogP contribution in [0.15, 0.2) is 47.7 Å². The van der Waals surface area contributed by atoms with Crippen LogP contribution in [0.1, 0.15) is 78.6 Å². The summed E-state index contributed by atoms with van der Waals surface area (Å²) >= 11 is 0. The summed E-state index contributed by atoms with van der Waals surface area (Å²) in [5.74, 6) is 6.36. The Balaban J connectivity index is 0.768. The van der Waals surface area contributed by atoms with E-state index in [0.717, 1.165) is 58.4 Å². The van der Waals surface area contributed by atoms with Gasteiger partial charge in [0.1, 0.15) is 17.4 Å². The molecule has 1 aliphatic carbocycles. The largest absolute Gasteiger partial charge is 0.378 e. The molecule has 4 aliphatic rings. The number of benzene rings is 1. The van der Waals surface area contributed by atoms with Crippen molar-refractivity contribution in [2.24, 2.45) is 13.0 Å². The number of piperazine rings is 1. The van der Waals surface area contributed by atoms with Crippen LogP contribution < -0.4 is 21.2 Å². The quantitative estimate of drug-likeness (QED) is 0.166. The van der Waals surface area contributed by atoms with Gasteiger partial charge in [-0.2, -0.15) is 10.2 Å². The Labute approximate surface area is 349 Å². The molecule has 2 N–H and O–H groups in total. The Bertz CT molecular complexity index is 2580. The monoisotopic (exact) mass is 838 g/mol. The molecule has 9 rings (SSSR count). The predicted molar refractivity (Wildman–Crippen MR) is 221 cm³/mol. The fourth-order valence-corrected chi connectivity index (χ4v) is 9.13. The van der Waals surface area contributed by atoms with Crippen LogP contribution >= 0.6 is 0 Å². The summed E-state index contributed by atoms with van der Waals surface area (Å²) in [6.07, 6.45) is 5.73. The molecule has 17 nitrogen and oxygen atoms in total. The van der Waals surface area contributed by atoms with Crippen LogP contribution in [0, 0.1) is 17.8 Å². The number of nitrogens with zero attached hydrogens (tertiary/aromatic N) is 10. The summed E-state index contributed by atoms with van der Waals surface area (Å²) < 4.78 is 40.0. The molecule has 1 unspecified atom stereocenters. The number of rotatable bonds is 9. The third-order valence-electron chi connectivity index (χ3n) is 12.5. The Morgan fingerprint density at radius 1 is 1.00 bits per heavy atom. The number of fused-ring (bicyclic) bond motifs is 2. The second-order valence-corrected chi connectivity index (χ2v) is 16.3. The van der Waals surface area contributed by atoms with Gasteiger partial charge in [0, 0.05) is 71.7 Å². The lowest BCUT2D eigenvalue weighted by Gasteiger charge is -2.37. The first-order valence-electron chi connectivity index (χ1n) is 20.9. The number of piperidine rings is 1. The van der Waals surface area contributed by atoms with E-state index in [2.05, 4.69) is 52.4 Å². The molecule has 0 spiro atoms. The number of imide groups is 1. The van der Waals surface area contributed by atoms with Crippen molar-refractivity contribution in [1.29, 1.82) is 0 Å². The highest BCUT2D eigenvalue weighted by molar-refractivity contribution is 6.08. The summed E-state index contributed by atoms with van der Waals surface area (Å²) in [6, 6.07) is 6.54. The maximum Gasteiger partial charge on any atom is 0.329 e. The normalized spacial score (nSPS) is 21.8. The Morgan fingerprint density at radius 3 is 2.52 bits per heavy atom. The summed E-state index contributed by atoms with van der Waals surface area (Å²) in [6.45, 7) is 7.63. The number of hydrogen-bond acceptors (Lipinski definition) is 11. The first-order valence-corrected chi connectivity index (χ1v) is 20.9. The van der Waals surface area contributed by atoms with E-state index in [0.29, 0.717) is 66.8 Å². The zero-order valence-electron chi connectivity index (χ0n) is 33.9. The van der Waals surface area contributed by atoms with Gasteiger partial charge in [-0.1, -0.05) is 17.9 Å². The molecule has 1 atom stereocenters. The van der Waals surface area contributed by atoms with Crippen LogP contribution in [0.5, 0.6) is 0 Å². The fraction of sp³-hybridized carbons (Fsp3) is 0.500. The van der Waals surface area contributed by atoms with Crippen molar-refractivity contribution in [3.63, 3.8) is 0 Å². The van der Waals surface area contributed by atoms with E-state index in [4.69, 9.17) is 4.74 Å². The lowest BCUT2D eigenvalue weighted by Crippen LogP contribution is -2.48. The van der Waals surface area contributed by atoms with Gasteiger partial charge >= 0.3 is 5.69 Å². The Hall–Kier alpha value is -5.97. The van der Waals surface area contributed by atoms with Gasteiger partial charge < -0.3 is 19.9 Å². The van der Waals surface area contributed by atoms with Crippen molar-refractivity contribution in [3.05, 3.63) is 70.2 Å². The van der Waals surface area contributed by atoms with Gasteiger partial charge in [-0.05, 0) is 56.2 Å². The lowest BCUT2D eigenvalue weighted by molar-refractivity contribution is -0.135. The topological polar surface area (TPSA) is 169 Å². The average molecular weight is 839 g/mol. The number of para-hydroxylation sites is 1. The number of carbonyl (C=O) groups is 3. The van der Waals surface area contributed by atoms with Gasteiger partial charge in [0.15, 0.2) is 11.3 Å². The number of nitrogens with one attached hydrogen (secondary N) is 2. The van der Waals surface area contributed by atoms with Crippen LogP contribution in [0.3, 0.4) is 0 Å². The minimum Gasteiger partial charge on any atom is -0.378 e. The summed E-state index contributed by atoms with van der Waals surface area (Å²) in [7, 11) is 1.67. The maximum absolute atomic E-state index is 14.3. The molecular formula is C42H48F2N12O5. The molecule has 61 heavy (non-hydrogen) atoms. The standard InChI is InChI=1S/C42H48F2N12O5/c1-50-37-28(4-2-6-32(37)56(42(50)60)33-11-12-35(57)48-41(33)59)5-3-14-51-16-18-52(19-17-51)25-27-7-9-29(10-8-27)55-26-31(36(49-55)38(43)44)46-40(58)30-24-45-54-15-13-34(47-39(30)54)53-20-22-61-23-21-53/h2,4,6,13,15,24,26-27,29,33,38H,7-12,14,16-23,25H2,1H3,(H,46,58)(H,48,57,59)/t27-,29-,33?. The van der Waals surface area contributed by atoms with Crippen molar-refractivity contribution in [2.75, 3.05) is 75.8 Å². The zero-order chi connectivity index (χ0) is 42.2. The Kier molecular flexibility index (Phi) is 11.4. The number of morpholine rings is 1. The van der Waals surface area contributed by atoms with E-state index in [-0.39, 0.29) is 41.7 Å². The smallest absolute Gasteiger partial charge is 0.329 e. The second-order valence-electron chi connectivity index (χ2n) is 16.3.